The van der Waals surface area contributed by atoms with Gasteiger partial charge in [-0.2, -0.15) is 12.7 Å². The molecule has 2 aliphatic rings. The second-order valence-corrected chi connectivity index (χ2v) is 8.24. The molecule has 1 saturated heterocycles. The molecule has 4 nitrogen and oxygen atoms in total. The number of hydrogen-bond acceptors (Lipinski definition) is 2. The summed E-state index contributed by atoms with van der Waals surface area (Å²) in [7, 11) is -3.26. The Morgan fingerprint density at radius 3 is 2.71 bits per heavy atom. The van der Waals surface area contributed by atoms with Gasteiger partial charge in [-0.3, -0.25) is 0 Å². The molecule has 2 atom stereocenters. The molecular formula is C11H21BrN2O2S. The average molecular weight is 325 g/mol. The van der Waals surface area contributed by atoms with E-state index < -0.39 is 10.2 Å². The van der Waals surface area contributed by atoms with Crippen LogP contribution in [-0.2, 0) is 10.2 Å². The van der Waals surface area contributed by atoms with Crippen molar-refractivity contribution in [1.82, 2.24) is 9.03 Å². The number of rotatable bonds is 5. The van der Waals surface area contributed by atoms with E-state index in [1.165, 1.54) is 12.8 Å². The summed E-state index contributed by atoms with van der Waals surface area (Å²) in [5, 5.41) is 0. The molecule has 0 aromatic rings. The summed E-state index contributed by atoms with van der Waals surface area (Å²) in [6.45, 7) is 3.94. The molecule has 1 saturated carbocycles. The molecule has 0 spiro atoms. The van der Waals surface area contributed by atoms with Gasteiger partial charge in [0.25, 0.3) is 10.2 Å². The third kappa shape index (κ3) is 3.91. The van der Waals surface area contributed by atoms with E-state index in [1.54, 1.807) is 4.31 Å². The fourth-order valence-corrected chi connectivity index (χ4v) is 4.56. The molecule has 0 bridgehead atoms. The van der Waals surface area contributed by atoms with Crippen molar-refractivity contribution in [2.75, 3.05) is 19.6 Å². The van der Waals surface area contributed by atoms with Gasteiger partial charge < -0.3 is 0 Å². The Kier molecular flexibility index (Phi) is 4.50. The monoisotopic (exact) mass is 324 g/mol. The van der Waals surface area contributed by atoms with E-state index in [4.69, 9.17) is 0 Å². The minimum Gasteiger partial charge on any atom is -0.201 e. The summed E-state index contributed by atoms with van der Waals surface area (Å²) in [5.74, 6) is 1.14. The maximum absolute atomic E-state index is 12.1. The minimum absolute atomic E-state index is 0.291. The van der Waals surface area contributed by atoms with Crippen LogP contribution >= 0.6 is 15.9 Å². The number of nitrogens with one attached hydrogen (secondary N) is 1. The van der Waals surface area contributed by atoms with Crippen LogP contribution < -0.4 is 4.72 Å². The van der Waals surface area contributed by atoms with Crippen molar-refractivity contribution in [1.29, 1.82) is 0 Å². The maximum atomic E-state index is 12.1. The number of halogens is 1. The molecular weight excluding hydrogens is 304 g/mol. The maximum Gasteiger partial charge on any atom is 0.279 e. The predicted octanol–water partition coefficient (Wildman–Crippen LogP) is 1.73. The highest BCUT2D eigenvalue weighted by molar-refractivity contribution is 9.09. The number of alkyl halides is 1. The number of hydrogen-bond donors (Lipinski definition) is 1. The molecule has 1 aliphatic heterocycles. The molecule has 2 unspecified atom stereocenters. The van der Waals surface area contributed by atoms with E-state index in [0.717, 1.165) is 12.8 Å². The van der Waals surface area contributed by atoms with Gasteiger partial charge in [0, 0.05) is 24.5 Å². The smallest absolute Gasteiger partial charge is 0.201 e. The molecule has 100 valence electrons. The SMILES string of the molecule is CC1CCCN(S(=O)(=O)NCC(Br)C2CC2)C1. The van der Waals surface area contributed by atoms with E-state index in [1.807, 2.05) is 0 Å². The van der Waals surface area contributed by atoms with Crippen LogP contribution in [0.1, 0.15) is 32.6 Å². The lowest BCUT2D eigenvalue weighted by Crippen LogP contribution is -2.46. The quantitative estimate of drug-likeness (QED) is 0.783. The van der Waals surface area contributed by atoms with Gasteiger partial charge in [-0.15, -0.1) is 0 Å². The number of piperidine rings is 1. The fourth-order valence-electron chi connectivity index (χ4n) is 2.27. The van der Waals surface area contributed by atoms with E-state index >= 15 is 0 Å². The van der Waals surface area contributed by atoms with Gasteiger partial charge in [0.2, 0.25) is 0 Å². The van der Waals surface area contributed by atoms with Crippen LogP contribution in [0.5, 0.6) is 0 Å². The topological polar surface area (TPSA) is 49.4 Å². The summed E-state index contributed by atoms with van der Waals surface area (Å²) in [5.41, 5.74) is 0. The highest BCUT2D eigenvalue weighted by Crippen LogP contribution is 2.36. The summed E-state index contributed by atoms with van der Waals surface area (Å²) in [6.07, 6.45) is 4.55. The van der Waals surface area contributed by atoms with E-state index in [9.17, 15) is 8.42 Å². The zero-order chi connectivity index (χ0) is 12.5. The first-order chi connectivity index (χ1) is 7.99. The van der Waals surface area contributed by atoms with Crippen LogP contribution in [0.4, 0.5) is 0 Å². The largest absolute Gasteiger partial charge is 0.279 e. The van der Waals surface area contributed by atoms with Crippen molar-refractivity contribution in [2.24, 2.45) is 11.8 Å². The number of nitrogens with zero attached hydrogens (tertiary/aromatic N) is 1. The molecule has 0 radical (unpaired) electrons. The van der Waals surface area contributed by atoms with Gasteiger partial charge in [-0.25, -0.2) is 4.72 Å². The zero-order valence-electron chi connectivity index (χ0n) is 10.2. The van der Waals surface area contributed by atoms with Gasteiger partial charge in [0.1, 0.15) is 0 Å². The Balaban J connectivity index is 1.84. The first-order valence-corrected chi connectivity index (χ1v) is 8.73. The molecule has 0 aromatic carbocycles. The van der Waals surface area contributed by atoms with Gasteiger partial charge in [-0.05, 0) is 37.5 Å². The Morgan fingerprint density at radius 2 is 2.12 bits per heavy atom. The van der Waals surface area contributed by atoms with E-state index in [0.29, 0.717) is 36.3 Å². The molecule has 17 heavy (non-hydrogen) atoms. The fraction of sp³-hybridized carbons (Fsp3) is 1.00. The summed E-state index contributed by atoms with van der Waals surface area (Å²) >= 11 is 3.55. The third-order valence-electron chi connectivity index (χ3n) is 3.55. The Hall–Kier alpha value is 0.350. The lowest BCUT2D eigenvalue weighted by Gasteiger charge is -2.30. The first-order valence-electron chi connectivity index (χ1n) is 6.38. The van der Waals surface area contributed by atoms with Crippen LogP contribution in [-0.4, -0.2) is 37.2 Å². The van der Waals surface area contributed by atoms with Gasteiger partial charge >= 0.3 is 0 Å². The van der Waals surface area contributed by atoms with Gasteiger partial charge in [0.15, 0.2) is 0 Å². The van der Waals surface area contributed by atoms with E-state index in [2.05, 4.69) is 27.6 Å². The van der Waals surface area contributed by atoms with Crippen LogP contribution in [0.3, 0.4) is 0 Å². The normalized spacial score (nSPS) is 29.2. The highest BCUT2D eigenvalue weighted by atomic mass is 79.9. The van der Waals surface area contributed by atoms with Crippen LogP contribution in [0, 0.1) is 11.8 Å². The van der Waals surface area contributed by atoms with Crippen LogP contribution in [0.2, 0.25) is 0 Å². The minimum atomic E-state index is -3.26. The van der Waals surface area contributed by atoms with Crippen molar-refractivity contribution in [3.63, 3.8) is 0 Å². The summed E-state index contributed by atoms with van der Waals surface area (Å²) in [6, 6.07) is 0. The van der Waals surface area contributed by atoms with Crippen LogP contribution in [0.25, 0.3) is 0 Å². The van der Waals surface area contributed by atoms with Crippen LogP contribution in [0.15, 0.2) is 0 Å². The molecule has 1 aliphatic carbocycles. The first kappa shape index (κ1) is 13.8. The second-order valence-electron chi connectivity index (χ2n) is 5.31. The lowest BCUT2D eigenvalue weighted by atomic mass is 10.0. The Bertz CT molecular complexity index is 356. The Morgan fingerprint density at radius 1 is 1.41 bits per heavy atom. The Labute approximate surface area is 112 Å². The summed E-state index contributed by atoms with van der Waals surface area (Å²) in [4.78, 5) is 0.291. The van der Waals surface area contributed by atoms with Gasteiger partial charge in [0.05, 0.1) is 0 Å². The van der Waals surface area contributed by atoms with Gasteiger partial charge in [-0.1, -0.05) is 22.9 Å². The molecule has 2 fully saturated rings. The second kappa shape index (κ2) is 5.55. The molecule has 0 amide bonds. The molecule has 1 N–H and O–H groups in total. The molecule has 1 heterocycles. The lowest BCUT2D eigenvalue weighted by molar-refractivity contribution is 0.278. The van der Waals surface area contributed by atoms with E-state index in [-0.39, 0.29) is 0 Å². The van der Waals surface area contributed by atoms with Crippen molar-refractivity contribution in [3.8, 4) is 0 Å². The zero-order valence-corrected chi connectivity index (χ0v) is 12.6. The molecule has 6 heteroatoms. The summed E-state index contributed by atoms with van der Waals surface area (Å²) < 4.78 is 28.5. The highest BCUT2D eigenvalue weighted by Gasteiger charge is 2.32. The average Bonchev–Trinajstić information content (AvgIpc) is 3.10. The molecule has 2 rings (SSSR count). The van der Waals surface area contributed by atoms with Crippen molar-refractivity contribution in [3.05, 3.63) is 0 Å². The van der Waals surface area contributed by atoms with Crippen molar-refractivity contribution < 1.29 is 8.42 Å². The third-order valence-corrected chi connectivity index (χ3v) is 6.17. The van der Waals surface area contributed by atoms with Crippen molar-refractivity contribution in [2.45, 2.75) is 37.4 Å². The van der Waals surface area contributed by atoms with Crippen molar-refractivity contribution >= 4 is 26.1 Å². The standard InChI is InChI=1S/C11H21BrN2O2S/c1-9-3-2-6-14(8-9)17(15,16)13-7-11(12)10-4-5-10/h9-11,13H,2-8H2,1H3. The predicted molar refractivity (Wildman–Crippen MR) is 72.3 cm³/mol. The molecule has 0 aromatic heterocycles.